The van der Waals surface area contributed by atoms with Crippen molar-refractivity contribution in [3.63, 3.8) is 0 Å². The molecule has 0 radical (unpaired) electrons. The van der Waals surface area contributed by atoms with Crippen molar-refractivity contribution >= 4 is 38.2 Å². The molecule has 0 bridgehead atoms. The lowest BCUT2D eigenvalue weighted by Crippen LogP contribution is -2.38. The van der Waals surface area contributed by atoms with Crippen molar-refractivity contribution in [3.05, 3.63) is 86.2 Å². The van der Waals surface area contributed by atoms with Crippen molar-refractivity contribution in [1.82, 2.24) is 10.2 Å². The van der Waals surface area contributed by atoms with Crippen LogP contribution in [-0.2, 0) is 19.5 Å². The molecule has 1 atom stereocenters. The van der Waals surface area contributed by atoms with Crippen LogP contribution in [0.15, 0.2) is 59.1 Å². The third kappa shape index (κ3) is 3.36. The Morgan fingerprint density at radius 2 is 1.96 bits per heavy atom. The molecule has 142 valence electrons. The zero-order valence-corrected chi connectivity index (χ0v) is 17.6. The Balaban J connectivity index is 1.39. The number of rotatable bonds is 3. The minimum atomic E-state index is -0.196. The van der Waals surface area contributed by atoms with Crippen LogP contribution in [0.5, 0.6) is 0 Å². The van der Waals surface area contributed by atoms with E-state index in [2.05, 4.69) is 61.8 Å². The highest BCUT2D eigenvalue weighted by Gasteiger charge is 2.33. The van der Waals surface area contributed by atoms with Crippen molar-refractivity contribution < 1.29 is 4.79 Å². The molecule has 2 aromatic carbocycles. The van der Waals surface area contributed by atoms with Crippen LogP contribution in [-0.4, -0.2) is 17.4 Å². The molecule has 0 saturated heterocycles. The van der Waals surface area contributed by atoms with Crippen molar-refractivity contribution in [2.24, 2.45) is 0 Å². The van der Waals surface area contributed by atoms with Gasteiger partial charge in [-0.3, -0.25) is 9.69 Å². The van der Waals surface area contributed by atoms with Gasteiger partial charge in [-0.05, 0) is 35.2 Å². The number of hydrogen-bond donors (Lipinski definition) is 2. The molecule has 0 fully saturated rings. The Hall–Kier alpha value is -2.15. The average molecular weight is 454 g/mol. The lowest BCUT2D eigenvalue weighted by Gasteiger charge is -2.28. The monoisotopic (exact) mass is 453 g/mol. The molecular weight excluding hydrogens is 434 g/mol. The summed E-state index contributed by atoms with van der Waals surface area (Å²) in [6, 6.07) is 18.6. The third-order valence-electron chi connectivity index (χ3n) is 5.34. The number of anilines is 1. The summed E-state index contributed by atoms with van der Waals surface area (Å²) in [5.74, 6) is 0.0349. The van der Waals surface area contributed by atoms with Crippen LogP contribution >= 0.6 is 27.3 Å². The van der Waals surface area contributed by atoms with Crippen molar-refractivity contribution in [2.45, 2.75) is 25.7 Å². The van der Waals surface area contributed by atoms with E-state index in [1.807, 2.05) is 24.3 Å². The molecule has 2 N–H and O–H groups in total. The first-order valence-corrected chi connectivity index (χ1v) is 11.0. The summed E-state index contributed by atoms with van der Waals surface area (Å²) >= 11 is 5.25. The summed E-state index contributed by atoms with van der Waals surface area (Å²) in [6.07, 6.45) is 0.725. The molecule has 0 aliphatic carbocycles. The van der Waals surface area contributed by atoms with Crippen LogP contribution in [0, 0.1) is 0 Å². The maximum Gasteiger partial charge on any atom is 0.256 e. The third-order valence-corrected chi connectivity index (χ3v) is 6.99. The molecule has 0 spiro atoms. The van der Waals surface area contributed by atoms with E-state index in [-0.39, 0.29) is 12.1 Å². The van der Waals surface area contributed by atoms with Gasteiger partial charge in [0, 0.05) is 29.0 Å². The maximum absolute atomic E-state index is 12.9. The van der Waals surface area contributed by atoms with Gasteiger partial charge in [0.1, 0.15) is 11.2 Å². The second-order valence-corrected chi connectivity index (χ2v) is 9.28. The highest BCUT2D eigenvalue weighted by Crippen LogP contribution is 2.41. The number of amides is 1. The standard InChI is InChI=1S/C22H20BrN3OS/c23-16-8-4-7-15(11-16)20-24-21(27)19-17-9-10-26(12-14-5-2-1-3-6-14)13-18(17)28-22(19)25-20/h1-8,11,20,25H,9-10,12-13H2,(H,24,27). The van der Waals surface area contributed by atoms with Crippen LogP contribution in [0.3, 0.4) is 0 Å². The van der Waals surface area contributed by atoms with Crippen molar-refractivity contribution in [2.75, 3.05) is 11.9 Å². The summed E-state index contributed by atoms with van der Waals surface area (Å²) < 4.78 is 1.01. The number of halogens is 1. The molecule has 6 heteroatoms. The predicted molar refractivity (Wildman–Crippen MR) is 117 cm³/mol. The van der Waals surface area contributed by atoms with Gasteiger partial charge < -0.3 is 10.6 Å². The average Bonchev–Trinajstić information content (AvgIpc) is 3.07. The molecular formula is C22H20BrN3OS. The fourth-order valence-electron chi connectivity index (χ4n) is 4.00. The summed E-state index contributed by atoms with van der Waals surface area (Å²) in [7, 11) is 0. The number of hydrogen-bond acceptors (Lipinski definition) is 4. The van der Waals surface area contributed by atoms with Crippen LogP contribution in [0.4, 0.5) is 5.00 Å². The Kier molecular flexibility index (Phi) is 4.70. The van der Waals surface area contributed by atoms with E-state index in [0.29, 0.717) is 0 Å². The van der Waals surface area contributed by atoms with E-state index in [1.165, 1.54) is 16.0 Å². The molecule has 1 amide bonds. The molecule has 2 aliphatic rings. The summed E-state index contributed by atoms with van der Waals surface area (Å²) in [5, 5.41) is 7.67. The van der Waals surface area contributed by atoms with Crippen LogP contribution < -0.4 is 10.6 Å². The van der Waals surface area contributed by atoms with E-state index in [0.717, 1.165) is 46.7 Å². The van der Waals surface area contributed by atoms with Gasteiger partial charge in [0.15, 0.2) is 0 Å². The van der Waals surface area contributed by atoms with Crippen LogP contribution in [0.25, 0.3) is 0 Å². The fourth-order valence-corrected chi connectivity index (χ4v) is 5.73. The molecule has 3 aromatic rings. The number of carbonyl (C=O) groups excluding carboxylic acids is 1. The first kappa shape index (κ1) is 17.9. The fraction of sp³-hybridized carbons (Fsp3) is 0.227. The molecule has 1 aromatic heterocycles. The normalized spacial score (nSPS) is 18.8. The SMILES string of the molecule is O=C1NC(c2cccc(Br)c2)Nc2sc3c(c21)CCN(Cc1ccccc1)C3. The highest BCUT2D eigenvalue weighted by molar-refractivity contribution is 9.10. The number of thiophene rings is 1. The largest absolute Gasteiger partial charge is 0.353 e. The number of nitrogens with one attached hydrogen (secondary N) is 2. The van der Waals surface area contributed by atoms with Crippen molar-refractivity contribution in [1.29, 1.82) is 0 Å². The second-order valence-electron chi connectivity index (χ2n) is 7.26. The van der Waals surface area contributed by atoms with Gasteiger partial charge in [-0.1, -0.05) is 58.4 Å². The van der Waals surface area contributed by atoms with Gasteiger partial charge in [0.2, 0.25) is 0 Å². The number of nitrogens with zero attached hydrogens (tertiary/aromatic N) is 1. The van der Waals surface area contributed by atoms with E-state index in [9.17, 15) is 4.79 Å². The Labute approximate surface area is 176 Å². The molecule has 3 heterocycles. The maximum atomic E-state index is 12.9. The highest BCUT2D eigenvalue weighted by atomic mass is 79.9. The Morgan fingerprint density at radius 1 is 1.11 bits per heavy atom. The van der Waals surface area contributed by atoms with Gasteiger partial charge in [-0.15, -0.1) is 11.3 Å². The molecule has 0 saturated carbocycles. The molecule has 2 aliphatic heterocycles. The van der Waals surface area contributed by atoms with Crippen LogP contribution in [0.2, 0.25) is 0 Å². The van der Waals surface area contributed by atoms with Gasteiger partial charge in [-0.25, -0.2) is 0 Å². The quantitative estimate of drug-likeness (QED) is 0.591. The summed E-state index contributed by atoms with van der Waals surface area (Å²) in [5.41, 5.74) is 4.45. The van der Waals surface area contributed by atoms with Gasteiger partial charge in [0.05, 0.1) is 5.56 Å². The summed E-state index contributed by atoms with van der Waals surface area (Å²) in [4.78, 5) is 16.7. The summed E-state index contributed by atoms with van der Waals surface area (Å²) in [6.45, 7) is 2.83. The lowest BCUT2D eigenvalue weighted by molar-refractivity contribution is 0.0934. The first-order valence-electron chi connectivity index (χ1n) is 9.41. The van der Waals surface area contributed by atoms with E-state index < -0.39 is 0 Å². The molecule has 4 nitrogen and oxygen atoms in total. The Bertz CT molecular complexity index is 1030. The molecule has 28 heavy (non-hydrogen) atoms. The molecule has 5 rings (SSSR count). The topological polar surface area (TPSA) is 44.4 Å². The minimum Gasteiger partial charge on any atom is -0.353 e. The van der Waals surface area contributed by atoms with E-state index in [1.54, 1.807) is 11.3 Å². The van der Waals surface area contributed by atoms with Crippen LogP contribution in [0.1, 0.15) is 38.1 Å². The Morgan fingerprint density at radius 3 is 2.79 bits per heavy atom. The zero-order chi connectivity index (χ0) is 19.1. The predicted octanol–water partition coefficient (Wildman–Crippen LogP) is 4.92. The lowest BCUT2D eigenvalue weighted by atomic mass is 10.00. The first-order chi connectivity index (χ1) is 13.7. The zero-order valence-electron chi connectivity index (χ0n) is 15.2. The van der Waals surface area contributed by atoms with E-state index >= 15 is 0 Å². The van der Waals surface area contributed by atoms with Gasteiger partial charge in [0.25, 0.3) is 5.91 Å². The number of benzene rings is 2. The van der Waals surface area contributed by atoms with E-state index in [4.69, 9.17) is 0 Å². The van der Waals surface area contributed by atoms with Gasteiger partial charge in [-0.2, -0.15) is 0 Å². The van der Waals surface area contributed by atoms with Crippen molar-refractivity contribution in [3.8, 4) is 0 Å². The number of carbonyl (C=O) groups is 1. The minimum absolute atomic E-state index is 0.0349. The van der Waals surface area contributed by atoms with Gasteiger partial charge >= 0.3 is 0 Å². The smallest absolute Gasteiger partial charge is 0.256 e. The second kappa shape index (κ2) is 7.35. The molecule has 1 unspecified atom stereocenters. The number of fused-ring (bicyclic) bond motifs is 3.